The lowest BCUT2D eigenvalue weighted by Gasteiger charge is -2.37. The highest BCUT2D eigenvalue weighted by molar-refractivity contribution is 5.89. The average molecular weight is 282 g/mol. The van der Waals surface area contributed by atoms with Crippen molar-refractivity contribution in [3.05, 3.63) is 0 Å². The normalized spacial score (nSPS) is 34.8. The molecule has 1 aliphatic carbocycles. The molecule has 20 heavy (non-hydrogen) atoms. The third-order valence-corrected chi connectivity index (χ3v) is 5.12. The average Bonchev–Trinajstić information content (AvgIpc) is 2.76. The molecule has 114 valence electrons. The van der Waals surface area contributed by atoms with Gasteiger partial charge in [0.1, 0.15) is 5.54 Å². The molecule has 3 atom stereocenters. The summed E-state index contributed by atoms with van der Waals surface area (Å²) in [5, 5.41) is 9.58. The van der Waals surface area contributed by atoms with E-state index in [4.69, 9.17) is 5.73 Å². The van der Waals surface area contributed by atoms with Crippen molar-refractivity contribution in [3.63, 3.8) is 0 Å². The topological polar surface area (TPSA) is 83.6 Å². The van der Waals surface area contributed by atoms with Crippen molar-refractivity contribution in [2.24, 2.45) is 11.7 Å². The van der Waals surface area contributed by atoms with Gasteiger partial charge in [0, 0.05) is 12.6 Å². The smallest absolute Gasteiger partial charge is 0.329 e. The van der Waals surface area contributed by atoms with Crippen molar-refractivity contribution >= 4 is 11.9 Å². The molecule has 0 spiro atoms. The van der Waals surface area contributed by atoms with E-state index in [1.54, 1.807) is 4.90 Å². The standard InChI is InChI=1S/C15H26N2O3/c1-2-15(14(19)20)9-6-10-17(15)13(18)11-7-4-3-5-8-12(11)16/h11-12H,2-10,16H2,1H3,(H,19,20). The molecule has 2 fully saturated rings. The van der Waals surface area contributed by atoms with Gasteiger partial charge in [-0.05, 0) is 32.1 Å². The minimum Gasteiger partial charge on any atom is -0.479 e. The SMILES string of the molecule is CCC1(C(=O)O)CCCN1C(=O)C1CCCCCC1N. The van der Waals surface area contributed by atoms with E-state index >= 15 is 0 Å². The van der Waals surface area contributed by atoms with Gasteiger partial charge in [0.25, 0.3) is 0 Å². The molecule has 0 aromatic rings. The second-order valence-corrected chi connectivity index (χ2v) is 6.19. The van der Waals surface area contributed by atoms with Crippen LogP contribution in [0.3, 0.4) is 0 Å². The summed E-state index contributed by atoms with van der Waals surface area (Å²) in [6.45, 7) is 2.41. The Labute approximate surface area is 120 Å². The van der Waals surface area contributed by atoms with Gasteiger partial charge in [-0.15, -0.1) is 0 Å². The Kier molecular flexibility index (Phi) is 4.68. The fourth-order valence-electron chi connectivity index (χ4n) is 3.78. The summed E-state index contributed by atoms with van der Waals surface area (Å²) in [6, 6.07) is -0.117. The van der Waals surface area contributed by atoms with Crippen molar-refractivity contribution in [3.8, 4) is 0 Å². The maximum Gasteiger partial charge on any atom is 0.329 e. The Morgan fingerprint density at radius 1 is 1.25 bits per heavy atom. The molecule has 2 aliphatic rings. The summed E-state index contributed by atoms with van der Waals surface area (Å²) in [6.07, 6.45) is 6.69. The summed E-state index contributed by atoms with van der Waals surface area (Å²) in [4.78, 5) is 26.1. The molecule has 0 aromatic carbocycles. The van der Waals surface area contributed by atoms with Crippen LogP contribution in [0.4, 0.5) is 0 Å². The number of nitrogens with zero attached hydrogens (tertiary/aromatic N) is 1. The van der Waals surface area contributed by atoms with E-state index in [1.165, 1.54) is 0 Å². The number of carboxylic acid groups (broad SMARTS) is 1. The Hall–Kier alpha value is -1.10. The maximum atomic E-state index is 12.8. The van der Waals surface area contributed by atoms with Gasteiger partial charge in [-0.25, -0.2) is 4.79 Å². The van der Waals surface area contributed by atoms with Crippen LogP contribution >= 0.6 is 0 Å². The fourth-order valence-corrected chi connectivity index (χ4v) is 3.78. The molecular formula is C15H26N2O3. The molecule has 0 aromatic heterocycles. The molecule has 1 amide bonds. The first-order chi connectivity index (χ1) is 9.53. The van der Waals surface area contributed by atoms with Crippen LogP contribution in [-0.4, -0.2) is 40.0 Å². The lowest BCUT2D eigenvalue weighted by atomic mass is 9.89. The number of carbonyl (C=O) groups is 2. The number of aliphatic carboxylic acids is 1. The van der Waals surface area contributed by atoms with Gasteiger partial charge in [-0.2, -0.15) is 0 Å². The van der Waals surface area contributed by atoms with E-state index < -0.39 is 11.5 Å². The predicted molar refractivity (Wildman–Crippen MR) is 76.2 cm³/mol. The van der Waals surface area contributed by atoms with Crippen LogP contribution in [0.5, 0.6) is 0 Å². The van der Waals surface area contributed by atoms with Crippen molar-refractivity contribution in [2.75, 3.05) is 6.54 Å². The summed E-state index contributed by atoms with van der Waals surface area (Å²) in [5.74, 6) is -1.09. The van der Waals surface area contributed by atoms with Crippen LogP contribution in [0.1, 0.15) is 58.3 Å². The molecule has 1 aliphatic heterocycles. The fraction of sp³-hybridized carbons (Fsp3) is 0.867. The first-order valence-corrected chi connectivity index (χ1v) is 7.83. The van der Waals surface area contributed by atoms with Gasteiger partial charge in [-0.3, -0.25) is 4.79 Å². The zero-order valence-electron chi connectivity index (χ0n) is 12.3. The van der Waals surface area contributed by atoms with Gasteiger partial charge >= 0.3 is 5.97 Å². The van der Waals surface area contributed by atoms with Crippen LogP contribution in [0.15, 0.2) is 0 Å². The third-order valence-electron chi connectivity index (χ3n) is 5.12. The molecule has 1 saturated carbocycles. The summed E-state index contributed by atoms with van der Waals surface area (Å²) in [7, 11) is 0. The van der Waals surface area contributed by atoms with Gasteiger partial charge in [-0.1, -0.05) is 26.2 Å². The number of nitrogens with two attached hydrogens (primary N) is 1. The third kappa shape index (κ3) is 2.55. The van der Waals surface area contributed by atoms with E-state index in [9.17, 15) is 14.7 Å². The van der Waals surface area contributed by atoms with Crippen LogP contribution in [0.25, 0.3) is 0 Å². The predicted octanol–water partition coefficient (Wildman–Crippen LogP) is 1.75. The van der Waals surface area contributed by atoms with Crippen molar-refractivity contribution < 1.29 is 14.7 Å². The molecule has 1 heterocycles. The number of hydrogen-bond donors (Lipinski definition) is 2. The van der Waals surface area contributed by atoms with E-state index in [0.717, 1.165) is 38.5 Å². The Morgan fingerprint density at radius 3 is 2.60 bits per heavy atom. The Morgan fingerprint density at radius 2 is 1.95 bits per heavy atom. The monoisotopic (exact) mass is 282 g/mol. The highest BCUT2D eigenvalue weighted by Crippen LogP contribution is 2.36. The summed E-state index contributed by atoms with van der Waals surface area (Å²) in [5.41, 5.74) is 5.16. The van der Waals surface area contributed by atoms with Crippen molar-refractivity contribution in [2.45, 2.75) is 69.9 Å². The molecular weight excluding hydrogens is 256 g/mol. The van der Waals surface area contributed by atoms with Crippen LogP contribution in [0, 0.1) is 5.92 Å². The Bertz CT molecular complexity index is 385. The molecule has 5 heteroatoms. The van der Waals surface area contributed by atoms with E-state index in [1.807, 2.05) is 6.92 Å². The summed E-state index contributed by atoms with van der Waals surface area (Å²) >= 11 is 0. The second-order valence-electron chi connectivity index (χ2n) is 6.19. The molecule has 5 nitrogen and oxygen atoms in total. The quantitative estimate of drug-likeness (QED) is 0.772. The zero-order valence-corrected chi connectivity index (χ0v) is 12.3. The zero-order chi connectivity index (χ0) is 14.8. The van der Waals surface area contributed by atoms with Crippen LogP contribution in [-0.2, 0) is 9.59 Å². The molecule has 0 radical (unpaired) electrons. The highest BCUT2D eigenvalue weighted by Gasteiger charge is 2.50. The van der Waals surface area contributed by atoms with Gasteiger partial charge in [0.2, 0.25) is 5.91 Å². The minimum atomic E-state index is -0.997. The maximum absolute atomic E-state index is 12.8. The Balaban J connectivity index is 2.20. The minimum absolute atomic E-state index is 0.0267. The number of likely N-dealkylation sites (tertiary alicyclic amines) is 1. The van der Waals surface area contributed by atoms with Crippen LogP contribution < -0.4 is 5.73 Å². The lowest BCUT2D eigenvalue weighted by molar-refractivity contribution is -0.159. The molecule has 2 rings (SSSR count). The van der Waals surface area contributed by atoms with E-state index in [0.29, 0.717) is 19.4 Å². The molecule has 3 unspecified atom stereocenters. The first kappa shape index (κ1) is 15.3. The number of carboxylic acids is 1. The van der Waals surface area contributed by atoms with E-state index in [2.05, 4.69) is 0 Å². The first-order valence-electron chi connectivity index (χ1n) is 7.83. The molecule has 3 N–H and O–H groups in total. The number of hydrogen-bond acceptors (Lipinski definition) is 3. The van der Waals surface area contributed by atoms with Crippen molar-refractivity contribution in [1.82, 2.24) is 4.90 Å². The number of amides is 1. The largest absolute Gasteiger partial charge is 0.479 e. The molecule has 0 bridgehead atoms. The van der Waals surface area contributed by atoms with Gasteiger partial charge < -0.3 is 15.7 Å². The van der Waals surface area contributed by atoms with Crippen LogP contribution in [0.2, 0.25) is 0 Å². The van der Waals surface area contributed by atoms with Crippen molar-refractivity contribution in [1.29, 1.82) is 0 Å². The van der Waals surface area contributed by atoms with Gasteiger partial charge in [0.05, 0.1) is 5.92 Å². The van der Waals surface area contributed by atoms with Gasteiger partial charge in [0.15, 0.2) is 0 Å². The number of carbonyl (C=O) groups excluding carboxylic acids is 1. The highest BCUT2D eigenvalue weighted by atomic mass is 16.4. The number of rotatable bonds is 3. The molecule has 1 saturated heterocycles. The second kappa shape index (κ2) is 6.12. The van der Waals surface area contributed by atoms with E-state index in [-0.39, 0.29) is 17.9 Å². The summed E-state index contributed by atoms with van der Waals surface area (Å²) < 4.78 is 0. The lowest BCUT2D eigenvalue weighted by Crippen LogP contribution is -2.56.